The number of nitrogen functional groups attached to an aromatic ring is 2. The number of anilines is 2. The third-order valence-electron chi connectivity index (χ3n) is 2.16. The third kappa shape index (κ3) is 3.96. The molecule has 17 heavy (non-hydrogen) atoms. The first-order valence-corrected chi connectivity index (χ1v) is 5.48. The van der Waals surface area contributed by atoms with E-state index in [4.69, 9.17) is 20.9 Å². The minimum Gasteiger partial charge on any atom is -0.457 e. The molecule has 4 N–H and O–H groups in total. The van der Waals surface area contributed by atoms with E-state index in [9.17, 15) is 4.79 Å². The van der Waals surface area contributed by atoms with Gasteiger partial charge in [0.2, 0.25) is 0 Å². The fourth-order valence-corrected chi connectivity index (χ4v) is 1.33. The van der Waals surface area contributed by atoms with Crippen LogP contribution in [0.25, 0.3) is 0 Å². The van der Waals surface area contributed by atoms with E-state index >= 15 is 0 Å². The SMILES string of the molecule is CCOCC(C)OC(=O)c1ccc(N)cc1N. The molecule has 0 radical (unpaired) electrons. The van der Waals surface area contributed by atoms with E-state index in [-0.39, 0.29) is 6.10 Å². The lowest BCUT2D eigenvalue weighted by Gasteiger charge is -2.14. The predicted octanol–water partition coefficient (Wildman–Crippen LogP) is 1.43. The molecule has 1 aromatic rings. The van der Waals surface area contributed by atoms with Crippen molar-refractivity contribution in [2.24, 2.45) is 0 Å². The topological polar surface area (TPSA) is 87.6 Å². The number of esters is 1. The van der Waals surface area contributed by atoms with Crippen molar-refractivity contribution in [2.75, 3.05) is 24.7 Å². The van der Waals surface area contributed by atoms with E-state index in [0.717, 1.165) is 0 Å². The molecule has 0 aliphatic heterocycles. The monoisotopic (exact) mass is 238 g/mol. The van der Waals surface area contributed by atoms with E-state index < -0.39 is 5.97 Å². The molecule has 0 saturated heterocycles. The number of rotatable bonds is 5. The molecule has 0 fully saturated rings. The Hall–Kier alpha value is -1.75. The summed E-state index contributed by atoms with van der Waals surface area (Å²) in [5.41, 5.74) is 12.4. The third-order valence-corrected chi connectivity index (χ3v) is 2.16. The fourth-order valence-electron chi connectivity index (χ4n) is 1.33. The Labute approximate surface area is 101 Å². The van der Waals surface area contributed by atoms with Gasteiger partial charge in [0, 0.05) is 18.0 Å². The van der Waals surface area contributed by atoms with Crippen LogP contribution in [-0.2, 0) is 9.47 Å². The molecule has 1 aromatic carbocycles. The quantitative estimate of drug-likeness (QED) is 0.598. The Morgan fingerprint density at radius 3 is 2.71 bits per heavy atom. The second kappa shape index (κ2) is 6.10. The Morgan fingerprint density at radius 2 is 2.12 bits per heavy atom. The van der Waals surface area contributed by atoms with Crippen LogP contribution in [0.1, 0.15) is 24.2 Å². The Morgan fingerprint density at radius 1 is 1.41 bits per heavy atom. The molecule has 5 nitrogen and oxygen atoms in total. The molecule has 5 heteroatoms. The average Bonchev–Trinajstić information content (AvgIpc) is 2.26. The van der Waals surface area contributed by atoms with Crippen LogP contribution in [0.4, 0.5) is 11.4 Å². The second-order valence-electron chi connectivity index (χ2n) is 3.72. The Kier molecular flexibility index (Phi) is 4.78. The van der Waals surface area contributed by atoms with Gasteiger partial charge >= 0.3 is 5.97 Å². The van der Waals surface area contributed by atoms with Gasteiger partial charge in [-0.3, -0.25) is 0 Å². The molecular formula is C12H18N2O3. The zero-order valence-electron chi connectivity index (χ0n) is 10.1. The molecular weight excluding hydrogens is 220 g/mol. The molecule has 0 aliphatic rings. The predicted molar refractivity (Wildman–Crippen MR) is 66.6 cm³/mol. The summed E-state index contributed by atoms with van der Waals surface area (Å²) in [6.07, 6.45) is -0.306. The molecule has 94 valence electrons. The summed E-state index contributed by atoms with van der Waals surface area (Å²) in [5, 5.41) is 0. The number of benzene rings is 1. The van der Waals surface area contributed by atoms with Gasteiger partial charge < -0.3 is 20.9 Å². The van der Waals surface area contributed by atoms with Crippen LogP contribution in [0.3, 0.4) is 0 Å². The molecule has 0 bridgehead atoms. The zero-order valence-corrected chi connectivity index (χ0v) is 10.1. The van der Waals surface area contributed by atoms with Gasteiger partial charge in [0.05, 0.1) is 12.2 Å². The van der Waals surface area contributed by atoms with Gasteiger partial charge in [-0.05, 0) is 32.0 Å². The summed E-state index contributed by atoms with van der Waals surface area (Å²) in [6, 6.07) is 4.70. The summed E-state index contributed by atoms with van der Waals surface area (Å²) < 4.78 is 10.3. The number of hydrogen-bond acceptors (Lipinski definition) is 5. The van der Waals surface area contributed by atoms with Gasteiger partial charge in [0.15, 0.2) is 0 Å². The highest BCUT2D eigenvalue weighted by Crippen LogP contribution is 2.17. The van der Waals surface area contributed by atoms with Crippen LogP contribution in [0.2, 0.25) is 0 Å². The first-order chi connectivity index (χ1) is 8.04. The summed E-state index contributed by atoms with van der Waals surface area (Å²) in [7, 11) is 0. The number of ether oxygens (including phenoxy) is 2. The molecule has 0 spiro atoms. The van der Waals surface area contributed by atoms with Crippen molar-refractivity contribution in [1.82, 2.24) is 0 Å². The molecule has 0 amide bonds. The smallest absolute Gasteiger partial charge is 0.340 e. The summed E-state index contributed by atoms with van der Waals surface area (Å²) in [4.78, 5) is 11.8. The molecule has 0 aliphatic carbocycles. The highest BCUT2D eigenvalue weighted by atomic mass is 16.6. The molecule has 1 rings (SSSR count). The van der Waals surface area contributed by atoms with Crippen molar-refractivity contribution in [3.8, 4) is 0 Å². The van der Waals surface area contributed by atoms with Crippen LogP contribution in [0.5, 0.6) is 0 Å². The highest BCUT2D eigenvalue weighted by molar-refractivity contribution is 5.95. The first kappa shape index (κ1) is 13.3. The largest absolute Gasteiger partial charge is 0.457 e. The summed E-state index contributed by atoms with van der Waals surface area (Å²) in [5.74, 6) is -0.463. The lowest BCUT2D eigenvalue weighted by atomic mass is 10.1. The number of carbonyl (C=O) groups excluding carboxylic acids is 1. The van der Waals surface area contributed by atoms with E-state index in [1.54, 1.807) is 19.1 Å². The van der Waals surface area contributed by atoms with Crippen molar-refractivity contribution < 1.29 is 14.3 Å². The maximum Gasteiger partial charge on any atom is 0.340 e. The Bertz CT molecular complexity index is 393. The van der Waals surface area contributed by atoms with Gasteiger partial charge in [-0.2, -0.15) is 0 Å². The van der Waals surface area contributed by atoms with Gasteiger partial charge in [0.1, 0.15) is 6.10 Å². The van der Waals surface area contributed by atoms with Crippen molar-refractivity contribution in [2.45, 2.75) is 20.0 Å². The van der Waals surface area contributed by atoms with Gasteiger partial charge in [0.25, 0.3) is 0 Å². The highest BCUT2D eigenvalue weighted by Gasteiger charge is 2.14. The fraction of sp³-hybridized carbons (Fsp3) is 0.417. The molecule has 0 heterocycles. The minimum absolute atomic E-state index is 0.306. The molecule has 0 aromatic heterocycles. The number of nitrogens with two attached hydrogens (primary N) is 2. The van der Waals surface area contributed by atoms with Crippen LogP contribution in [0, 0.1) is 0 Å². The maximum absolute atomic E-state index is 11.8. The van der Waals surface area contributed by atoms with Crippen LogP contribution < -0.4 is 11.5 Å². The number of hydrogen-bond donors (Lipinski definition) is 2. The van der Waals surface area contributed by atoms with E-state index in [2.05, 4.69) is 0 Å². The van der Waals surface area contributed by atoms with E-state index in [1.165, 1.54) is 6.07 Å². The molecule has 1 atom stereocenters. The minimum atomic E-state index is -0.463. The van der Waals surface area contributed by atoms with Crippen LogP contribution in [-0.4, -0.2) is 25.3 Å². The van der Waals surface area contributed by atoms with Crippen LogP contribution in [0.15, 0.2) is 18.2 Å². The Balaban J connectivity index is 2.63. The van der Waals surface area contributed by atoms with Crippen molar-refractivity contribution in [3.05, 3.63) is 23.8 Å². The molecule has 1 unspecified atom stereocenters. The standard InChI is InChI=1S/C12H18N2O3/c1-3-16-7-8(2)17-12(15)10-5-4-9(13)6-11(10)14/h4-6,8H,3,7,13-14H2,1-2H3. The molecule has 0 saturated carbocycles. The maximum atomic E-state index is 11.8. The van der Waals surface area contributed by atoms with E-state index in [1.807, 2.05) is 6.92 Å². The average molecular weight is 238 g/mol. The van der Waals surface area contributed by atoms with Gasteiger partial charge in [-0.15, -0.1) is 0 Å². The normalized spacial score (nSPS) is 12.1. The first-order valence-electron chi connectivity index (χ1n) is 5.48. The van der Waals surface area contributed by atoms with Crippen molar-refractivity contribution >= 4 is 17.3 Å². The van der Waals surface area contributed by atoms with Crippen molar-refractivity contribution in [3.63, 3.8) is 0 Å². The number of carbonyl (C=O) groups is 1. The van der Waals surface area contributed by atoms with Crippen LogP contribution >= 0.6 is 0 Å². The van der Waals surface area contributed by atoms with Gasteiger partial charge in [-0.1, -0.05) is 0 Å². The summed E-state index contributed by atoms with van der Waals surface area (Å²) in [6.45, 7) is 4.61. The lowest BCUT2D eigenvalue weighted by molar-refractivity contribution is 0.00449. The van der Waals surface area contributed by atoms with E-state index in [0.29, 0.717) is 30.2 Å². The summed E-state index contributed by atoms with van der Waals surface area (Å²) >= 11 is 0. The second-order valence-corrected chi connectivity index (χ2v) is 3.72. The van der Waals surface area contributed by atoms with Crippen molar-refractivity contribution in [1.29, 1.82) is 0 Å². The lowest BCUT2D eigenvalue weighted by Crippen LogP contribution is -2.21. The van der Waals surface area contributed by atoms with Gasteiger partial charge in [-0.25, -0.2) is 4.79 Å². The zero-order chi connectivity index (χ0) is 12.8.